The van der Waals surface area contributed by atoms with Crippen LogP contribution in [-0.4, -0.2) is 24.4 Å². The fraction of sp³-hybridized carbons (Fsp3) is 0.364. The predicted octanol–water partition coefficient (Wildman–Crippen LogP) is 2.59. The molecule has 1 N–H and O–H groups in total. The van der Waals surface area contributed by atoms with Crippen LogP contribution in [0.3, 0.4) is 0 Å². The Kier molecular flexibility index (Phi) is 4.57. The number of rotatable bonds is 3. The van der Waals surface area contributed by atoms with E-state index >= 15 is 0 Å². The van der Waals surface area contributed by atoms with E-state index in [0.29, 0.717) is 13.2 Å². The number of nitrogens with zero attached hydrogens (tertiary/aromatic N) is 1. The third-order valence-electron chi connectivity index (χ3n) is 1.68. The van der Waals surface area contributed by atoms with Gasteiger partial charge in [0, 0.05) is 6.07 Å². The van der Waals surface area contributed by atoms with Crippen molar-refractivity contribution in [2.24, 2.45) is 4.99 Å². The largest absolute Gasteiger partial charge is 0.508 e. The molecule has 5 heteroatoms. The quantitative estimate of drug-likeness (QED) is 0.637. The fourth-order valence-electron chi connectivity index (χ4n) is 1.04. The zero-order chi connectivity index (χ0) is 12.0. The fourth-order valence-corrected chi connectivity index (χ4v) is 1.04. The van der Waals surface area contributed by atoms with Gasteiger partial charge in [-0.1, -0.05) is 0 Å². The van der Waals surface area contributed by atoms with Gasteiger partial charge in [-0.15, -0.1) is 0 Å². The molecule has 16 heavy (non-hydrogen) atoms. The van der Waals surface area contributed by atoms with Crippen molar-refractivity contribution in [1.82, 2.24) is 0 Å². The van der Waals surface area contributed by atoms with Gasteiger partial charge in [-0.25, -0.2) is 4.39 Å². The molecule has 0 aliphatic carbocycles. The van der Waals surface area contributed by atoms with Crippen LogP contribution in [0.4, 0.5) is 10.1 Å². The first-order valence-electron chi connectivity index (χ1n) is 5.00. The molecule has 0 atom stereocenters. The molecular weight excluding hydrogens is 213 g/mol. The van der Waals surface area contributed by atoms with E-state index in [9.17, 15) is 4.39 Å². The maximum atomic E-state index is 13.3. The van der Waals surface area contributed by atoms with E-state index in [1.165, 1.54) is 12.1 Å². The Hall–Kier alpha value is -1.78. The van der Waals surface area contributed by atoms with Crippen molar-refractivity contribution in [2.75, 3.05) is 13.2 Å². The van der Waals surface area contributed by atoms with E-state index < -0.39 is 5.82 Å². The summed E-state index contributed by atoms with van der Waals surface area (Å²) in [6.07, 6.45) is 0.0228. The zero-order valence-corrected chi connectivity index (χ0v) is 9.24. The summed E-state index contributed by atoms with van der Waals surface area (Å²) in [6.45, 7) is 4.33. The van der Waals surface area contributed by atoms with Crippen LogP contribution in [0, 0.1) is 5.82 Å². The summed E-state index contributed by atoms with van der Waals surface area (Å²) in [5.41, 5.74) is 0.0645. The Bertz CT molecular complexity index is 371. The second-order valence-electron chi connectivity index (χ2n) is 2.88. The minimum atomic E-state index is -0.628. The summed E-state index contributed by atoms with van der Waals surface area (Å²) >= 11 is 0. The van der Waals surface area contributed by atoms with E-state index in [1.807, 2.05) is 0 Å². The van der Waals surface area contributed by atoms with E-state index in [4.69, 9.17) is 14.6 Å². The molecule has 0 spiro atoms. The topological polar surface area (TPSA) is 51.0 Å². The lowest BCUT2D eigenvalue weighted by atomic mass is 10.3. The van der Waals surface area contributed by atoms with Crippen LogP contribution < -0.4 is 0 Å². The number of halogens is 1. The first-order valence-corrected chi connectivity index (χ1v) is 5.00. The Labute approximate surface area is 93.3 Å². The van der Waals surface area contributed by atoms with Gasteiger partial charge in [-0.3, -0.25) is 0 Å². The lowest BCUT2D eigenvalue weighted by molar-refractivity contribution is 0.181. The molecule has 1 aromatic rings. The van der Waals surface area contributed by atoms with Crippen molar-refractivity contribution in [3.8, 4) is 5.75 Å². The van der Waals surface area contributed by atoms with Crippen molar-refractivity contribution in [2.45, 2.75) is 13.8 Å². The van der Waals surface area contributed by atoms with Crippen molar-refractivity contribution < 1.29 is 19.0 Å². The Morgan fingerprint density at radius 1 is 1.31 bits per heavy atom. The van der Waals surface area contributed by atoms with Gasteiger partial charge >= 0.3 is 6.08 Å². The molecule has 1 aromatic carbocycles. The van der Waals surface area contributed by atoms with Crippen molar-refractivity contribution in [1.29, 1.82) is 0 Å². The van der Waals surface area contributed by atoms with Crippen LogP contribution in [-0.2, 0) is 9.47 Å². The summed E-state index contributed by atoms with van der Waals surface area (Å²) in [4.78, 5) is 3.86. The highest BCUT2D eigenvalue weighted by Gasteiger charge is 2.06. The molecule has 0 aliphatic heterocycles. The van der Waals surface area contributed by atoms with Gasteiger partial charge in [0.25, 0.3) is 0 Å². The highest BCUT2D eigenvalue weighted by molar-refractivity contribution is 5.71. The zero-order valence-electron chi connectivity index (χ0n) is 9.24. The van der Waals surface area contributed by atoms with Crippen molar-refractivity contribution in [3.05, 3.63) is 24.0 Å². The van der Waals surface area contributed by atoms with E-state index in [-0.39, 0.29) is 17.5 Å². The molecule has 0 amide bonds. The Morgan fingerprint density at radius 2 is 1.94 bits per heavy atom. The Balaban J connectivity index is 2.93. The minimum absolute atomic E-state index is 0.0228. The summed E-state index contributed by atoms with van der Waals surface area (Å²) < 4.78 is 23.5. The summed E-state index contributed by atoms with van der Waals surface area (Å²) in [5, 5.41) is 9.03. The molecular formula is C11H14FNO3. The number of phenols is 1. The smallest absolute Gasteiger partial charge is 0.388 e. The monoisotopic (exact) mass is 227 g/mol. The van der Waals surface area contributed by atoms with Crippen molar-refractivity contribution >= 4 is 11.8 Å². The van der Waals surface area contributed by atoms with Crippen LogP contribution in [0.2, 0.25) is 0 Å². The van der Waals surface area contributed by atoms with Gasteiger partial charge in [0.05, 0.1) is 13.2 Å². The number of ether oxygens (including phenoxy) is 2. The third-order valence-corrected chi connectivity index (χ3v) is 1.68. The van der Waals surface area contributed by atoms with Gasteiger partial charge in [-0.05, 0) is 26.0 Å². The molecule has 0 unspecified atom stereocenters. The minimum Gasteiger partial charge on any atom is -0.508 e. The van der Waals surface area contributed by atoms with Gasteiger partial charge in [0.1, 0.15) is 11.4 Å². The lowest BCUT2D eigenvalue weighted by Gasteiger charge is -2.07. The lowest BCUT2D eigenvalue weighted by Crippen LogP contribution is -2.09. The van der Waals surface area contributed by atoms with Gasteiger partial charge in [-0.2, -0.15) is 4.99 Å². The number of benzene rings is 1. The second kappa shape index (κ2) is 5.95. The molecule has 0 saturated heterocycles. The maximum Gasteiger partial charge on any atom is 0.388 e. The van der Waals surface area contributed by atoms with E-state index in [2.05, 4.69) is 4.99 Å². The van der Waals surface area contributed by atoms with Gasteiger partial charge in [0.2, 0.25) is 0 Å². The average Bonchev–Trinajstić information content (AvgIpc) is 2.23. The number of aliphatic imine (C=N–C) groups is 1. The van der Waals surface area contributed by atoms with Crippen molar-refractivity contribution in [3.63, 3.8) is 0 Å². The second-order valence-corrected chi connectivity index (χ2v) is 2.88. The molecule has 0 aliphatic rings. The summed E-state index contributed by atoms with van der Waals surface area (Å²) in [6, 6.07) is 3.68. The summed E-state index contributed by atoms with van der Waals surface area (Å²) in [5.74, 6) is -0.775. The molecule has 0 radical (unpaired) electrons. The van der Waals surface area contributed by atoms with Crippen LogP contribution in [0.15, 0.2) is 23.2 Å². The molecule has 0 aromatic heterocycles. The number of phenolic OH excluding ortho intramolecular Hbond substituents is 1. The normalized spacial score (nSPS) is 9.69. The first-order chi connectivity index (χ1) is 7.67. The molecule has 4 nitrogen and oxygen atoms in total. The van der Waals surface area contributed by atoms with Crippen LogP contribution >= 0.6 is 0 Å². The standard InChI is InChI=1S/C11H14FNO3/c1-3-15-11(16-4-2)13-10-6-5-8(14)7-9(10)12/h5-7,14H,3-4H2,1-2H3. The molecule has 0 bridgehead atoms. The summed E-state index contributed by atoms with van der Waals surface area (Å²) in [7, 11) is 0. The van der Waals surface area contributed by atoms with Crippen LogP contribution in [0.5, 0.6) is 5.75 Å². The molecule has 1 rings (SSSR count). The van der Waals surface area contributed by atoms with Gasteiger partial charge in [0.15, 0.2) is 5.82 Å². The first kappa shape index (κ1) is 12.3. The highest BCUT2D eigenvalue weighted by Crippen LogP contribution is 2.22. The van der Waals surface area contributed by atoms with Crippen LogP contribution in [0.1, 0.15) is 13.8 Å². The van der Waals surface area contributed by atoms with E-state index in [1.54, 1.807) is 13.8 Å². The molecule has 0 fully saturated rings. The number of aromatic hydroxyl groups is 1. The molecule has 0 heterocycles. The average molecular weight is 227 g/mol. The molecule has 0 saturated carbocycles. The SMILES string of the molecule is CCOC(=Nc1ccc(O)cc1F)OCC. The van der Waals surface area contributed by atoms with E-state index in [0.717, 1.165) is 6.07 Å². The van der Waals surface area contributed by atoms with Crippen LogP contribution in [0.25, 0.3) is 0 Å². The molecule has 88 valence electrons. The Morgan fingerprint density at radius 3 is 2.44 bits per heavy atom. The number of hydrogen-bond acceptors (Lipinski definition) is 4. The van der Waals surface area contributed by atoms with Gasteiger partial charge < -0.3 is 14.6 Å². The third kappa shape index (κ3) is 3.42. The maximum absolute atomic E-state index is 13.3. The highest BCUT2D eigenvalue weighted by atomic mass is 19.1. The predicted molar refractivity (Wildman–Crippen MR) is 58.4 cm³/mol. The number of hydrogen-bond donors (Lipinski definition) is 1.